The van der Waals surface area contributed by atoms with E-state index in [1.165, 1.54) is 0 Å². The minimum atomic E-state index is -0.981. The highest BCUT2D eigenvalue weighted by atomic mass is 16.8. The van der Waals surface area contributed by atoms with Crippen molar-refractivity contribution in [3.8, 4) is 0 Å². The highest BCUT2D eigenvalue weighted by molar-refractivity contribution is 4.88. The van der Waals surface area contributed by atoms with Gasteiger partial charge in [0.1, 0.15) is 12.2 Å². The lowest BCUT2D eigenvalue weighted by molar-refractivity contribution is -0.159. The van der Waals surface area contributed by atoms with E-state index in [0.717, 1.165) is 0 Å². The molecule has 0 aliphatic carbocycles. The largest absolute Gasteiger partial charge is 0.396 e. The number of aliphatic hydroxyl groups excluding tert-OH is 3. The highest BCUT2D eigenvalue weighted by Gasteiger charge is 2.46. The molecule has 4 atom stereocenters. The predicted molar refractivity (Wildman–Crippen MR) is 53.2 cm³/mol. The molecule has 0 bridgehead atoms. The topological polar surface area (TPSA) is 79.2 Å². The van der Waals surface area contributed by atoms with E-state index in [0.29, 0.717) is 0 Å². The molecule has 1 saturated heterocycles. The SMILES string of the molecule is C[C@H](CO)[C@H]1OC(C)(C)O[C@@H]1[C@H](O)CO. The summed E-state index contributed by atoms with van der Waals surface area (Å²) in [5, 5.41) is 27.5. The van der Waals surface area contributed by atoms with Crippen molar-refractivity contribution in [3.63, 3.8) is 0 Å². The summed E-state index contributed by atoms with van der Waals surface area (Å²) in [4.78, 5) is 0. The van der Waals surface area contributed by atoms with E-state index in [1.54, 1.807) is 13.8 Å². The Morgan fingerprint density at radius 1 is 1.13 bits per heavy atom. The molecule has 5 nitrogen and oxygen atoms in total. The summed E-state index contributed by atoms with van der Waals surface area (Å²) >= 11 is 0. The molecule has 15 heavy (non-hydrogen) atoms. The minimum absolute atomic E-state index is 0.0429. The molecule has 0 radical (unpaired) electrons. The predicted octanol–water partition coefficient (Wildman–Crippen LogP) is -0.512. The third-order valence-corrected chi connectivity index (χ3v) is 2.58. The van der Waals surface area contributed by atoms with Crippen LogP contribution in [0.5, 0.6) is 0 Å². The van der Waals surface area contributed by atoms with Crippen LogP contribution in [0.15, 0.2) is 0 Å². The Labute approximate surface area is 89.6 Å². The Morgan fingerprint density at radius 2 is 1.67 bits per heavy atom. The van der Waals surface area contributed by atoms with Crippen molar-refractivity contribution in [2.45, 2.75) is 44.9 Å². The first-order valence-corrected chi connectivity index (χ1v) is 5.16. The van der Waals surface area contributed by atoms with Crippen LogP contribution in [0, 0.1) is 5.92 Å². The first-order chi connectivity index (χ1) is 6.91. The minimum Gasteiger partial charge on any atom is -0.396 e. The maximum Gasteiger partial charge on any atom is 0.163 e. The Hall–Kier alpha value is -0.200. The van der Waals surface area contributed by atoms with Gasteiger partial charge in [-0.3, -0.25) is 0 Å². The van der Waals surface area contributed by atoms with E-state index in [2.05, 4.69) is 0 Å². The van der Waals surface area contributed by atoms with E-state index in [-0.39, 0.29) is 19.1 Å². The second-order valence-corrected chi connectivity index (χ2v) is 4.47. The van der Waals surface area contributed by atoms with Gasteiger partial charge in [0.05, 0.1) is 12.7 Å². The van der Waals surface area contributed by atoms with Crippen LogP contribution in [-0.2, 0) is 9.47 Å². The normalized spacial score (nSPS) is 34.0. The van der Waals surface area contributed by atoms with Crippen LogP contribution in [0.1, 0.15) is 20.8 Å². The van der Waals surface area contributed by atoms with Gasteiger partial charge in [-0.2, -0.15) is 0 Å². The van der Waals surface area contributed by atoms with Crippen molar-refractivity contribution < 1.29 is 24.8 Å². The lowest BCUT2D eigenvalue weighted by atomic mass is 9.97. The van der Waals surface area contributed by atoms with Gasteiger partial charge in [-0.25, -0.2) is 0 Å². The summed E-state index contributed by atoms with van der Waals surface area (Å²) in [6.45, 7) is 4.88. The summed E-state index contributed by atoms with van der Waals surface area (Å²) in [5.74, 6) is -0.924. The van der Waals surface area contributed by atoms with E-state index in [1.807, 2.05) is 6.92 Å². The zero-order chi connectivity index (χ0) is 11.6. The van der Waals surface area contributed by atoms with Gasteiger partial charge < -0.3 is 24.8 Å². The molecular weight excluding hydrogens is 200 g/mol. The lowest BCUT2D eigenvalue weighted by Gasteiger charge is -2.24. The van der Waals surface area contributed by atoms with Gasteiger partial charge in [-0.15, -0.1) is 0 Å². The molecule has 1 heterocycles. The number of hydrogen-bond donors (Lipinski definition) is 3. The molecule has 3 N–H and O–H groups in total. The molecule has 0 aromatic carbocycles. The molecule has 1 aliphatic heterocycles. The first-order valence-electron chi connectivity index (χ1n) is 5.16. The molecule has 0 aromatic rings. The fourth-order valence-electron chi connectivity index (χ4n) is 1.76. The Morgan fingerprint density at radius 3 is 2.13 bits per heavy atom. The maximum absolute atomic E-state index is 9.57. The Balaban J connectivity index is 2.74. The maximum atomic E-state index is 9.57. The Bertz CT molecular complexity index is 186. The fourth-order valence-corrected chi connectivity index (χ4v) is 1.76. The molecule has 0 amide bonds. The summed E-state index contributed by atoms with van der Waals surface area (Å²) in [5.41, 5.74) is 0. The molecule has 5 heteroatoms. The first kappa shape index (κ1) is 12.9. The molecule has 90 valence electrons. The molecule has 1 rings (SSSR count). The van der Waals surface area contributed by atoms with Gasteiger partial charge in [-0.1, -0.05) is 6.92 Å². The van der Waals surface area contributed by atoms with E-state index >= 15 is 0 Å². The van der Waals surface area contributed by atoms with E-state index in [9.17, 15) is 5.11 Å². The summed E-state index contributed by atoms with van der Waals surface area (Å²) < 4.78 is 11.1. The fraction of sp³-hybridized carbons (Fsp3) is 1.00. The monoisotopic (exact) mass is 220 g/mol. The number of rotatable bonds is 4. The average Bonchev–Trinajstić information content (AvgIpc) is 2.52. The zero-order valence-electron chi connectivity index (χ0n) is 9.38. The summed E-state index contributed by atoms with van der Waals surface area (Å²) in [7, 11) is 0. The van der Waals surface area contributed by atoms with Crippen LogP contribution in [-0.4, -0.2) is 52.6 Å². The number of aliphatic hydroxyl groups is 3. The van der Waals surface area contributed by atoms with E-state index in [4.69, 9.17) is 19.7 Å². The van der Waals surface area contributed by atoms with Crippen molar-refractivity contribution in [2.24, 2.45) is 5.92 Å². The van der Waals surface area contributed by atoms with Gasteiger partial charge in [0, 0.05) is 12.5 Å². The van der Waals surface area contributed by atoms with Gasteiger partial charge in [0.2, 0.25) is 0 Å². The second kappa shape index (κ2) is 4.76. The molecular formula is C10H20O5. The van der Waals surface area contributed by atoms with Crippen LogP contribution in [0.25, 0.3) is 0 Å². The van der Waals surface area contributed by atoms with Gasteiger partial charge >= 0.3 is 0 Å². The molecule has 0 saturated carbocycles. The van der Waals surface area contributed by atoms with Gasteiger partial charge in [-0.05, 0) is 13.8 Å². The van der Waals surface area contributed by atoms with Crippen LogP contribution in [0.2, 0.25) is 0 Å². The third-order valence-electron chi connectivity index (χ3n) is 2.58. The molecule has 0 aromatic heterocycles. The van der Waals surface area contributed by atoms with Crippen molar-refractivity contribution in [1.29, 1.82) is 0 Å². The van der Waals surface area contributed by atoms with Crippen LogP contribution in [0.3, 0.4) is 0 Å². The van der Waals surface area contributed by atoms with Crippen molar-refractivity contribution in [3.05, 3.63) is 0 Å². The third kappa shape index (κ3) is 2.89. The van der Waals surface area contributed by atoms with E-state index < -0.39 is 24.1 Å². The summed E-state index contributed by atoms with van der Waals surface area (Å²) in [6, 6.07) is 0. The quantitative estimate of drug-likeness (QED) is 0.594. The Kier molecular flexibility index (Phi) is 4.08. The number of ether oxygens (including phenoxy) is 2. The molecule has 1 aliphatic rings. The standard InChI is InChI=1S/C10H20O5/c1-6(4-11)8-9(7(13)5-12)15-10(2,3)14-8/h6-9,11-13H,4-5H2,1-3H3/t6-,7-,8-,9-/m1/s1. The van der Waals surface area contributed by atoms with Crippen LogP contribution >= 0.6 is 0 Å². The van der Waals surface area contributed by atoms with Gasteiger partial charge in [0.25, 0.3) is 0 Å². The van der Waals surface area contributed by atoms with Crippen LogP contribution in [0.4, 0.5) is 0 Å². The molecule has 1 fully saturated rings. The summed E-state index contributed by atoms with van der Waals surface area (Å²) in [6.07, 6.45) is -1.97. The van der Waals surface area contributed by atoms with Crippen molar-refractivity contribution in [2.75, 3.05) is 13.2 Å². The highest BCUT2D eigenvalue weighted by Crippen LogP contribution is 2.33. The second-order valence-electron chi connectivity index (χ2n) is 4.47. The lowest BCUT2D eigenvalue weighted by Crippen LogP contribution is -2.41. The number of hydrogen-bond acceptors (Lipinski definition) is 5. The van der Waals surface area contributed by atoms with Gasteiger partial charge in [0.15, 0.2) is 5.79 Å². The average molecular weight is 220 g/mol. The smallest absolute Gasteiger partial charge is 0.163 e. The molecule has 0 unspecified atom stereocenters. The van der Waals surface area contributed by atoms with Crippen LogP contribution < -0.4 is 0 Å². The molecule has 0 spiro atoms. The zero-order valence-corrected chi connectivity index (χ0v) is 9.38. The van der Waals surface area contributed by atoms with Crippen molar-refractivity contribution in [1.82, 2.24) is 0 Å². The van der Waals surface area contributed by atoms with Crippen molar-refractivity contribution >= 4 is 0 Å².